The van der Waals surface area contributed by atoms with E-state index in [1.54, 1.807) is 17.0 Å². The first-order chi connectivity index (χ1) is 14.4. The highest BCUT2D eigenvalue weighted by molar-refractivity contribution is 9.11. The summed E-state index contributed by atoms with van der Waals surface area (Å²) in [4.78, 5) is 26.3. The number of benzene rings is 2. The molecule has 1 amide bonds. The molecular formula is C23H25Br2NO4. The summed E-state index contributed by atoms with van der Waals surface area (Å²) in [6, 6.07) is 11.0. The van der Waals surface area contributed by atoms with E-state index < -0.39 is 5.97 Å². The standard InChI is InChI=1S/C23H25Br2NO4/c1-16-12-19(24)22(20(25)13-16)29-14-17-6-8-18(9-7-17)23(28)30-15-21(27)26-10-4-2-3-5-11-26/h6-9,12-13H,2-5,10-11,14-15H2,1H3. The number of aryl methyl sites for hydroxylation is 1. The molecule has 5 nitrogen and oxygen atoms in total. The largest absolute Gasteiger partial charge is 0.487 e. The minimum Gasteiger partial charge on any atom is -0.487 e. The van der Waals surface area contributed by atoms with Crippen molar-refractivity contribution in [2.75, 3.05) is 19.7 Å². The van der Waals surface area contributed by atoms with Crippen LogP contribution in [0.25, 0.3) is 0 Å². The number of nitrogens with zero attached hydrogens (tertiary/aromatic N) is 1. The summed E-state index contributed by atoms with van der Waals surface area (Å²) < 4.78 is 12.9. The van der Waals surface area contributed by atoms with Crippen LogP contribution in [-0.4, -0.2) is 36.5 Å². The fourth-order valence-electron chi connectivity index (χ4n) is 3.34. The van der Waals surface area contributed by atoms with Crippen LogP contribution in [0.3, 0.4) is 0 Å². The monoisotopic (exact) mass is 537 g/mol. The highest BCUT2D eigenvalue weighted by Gasteiger charge is 2.18. The van der Waals surface area contributed by atoms with E-state index in [-0.39, 0.29) is 12.5 Å². The van der Waals surface area contributed by atoms with Crippen molar-refractivity contribution < 1.29 is 19.1 Å². The second kappa shape index (κ2) is 11.0. The normalized spacial score (nSPS) is 14.2. The molecule has 1 aliphatic rings. The summed E-state index contributed by atoms with van der Waals surface area (Å²) in [6.45, 7) is 3.66. The lowest BCUT2D eigenvalue weighted by molar-refractivity contribution is -0.134. The zero-order valence-corrected chi connectivity index (χ0v) is 20.1. The predicted octanol–water partition coefficient (Wildman–Crippen LogP) is 5.66. The quantitative estimate of drug-likeness (QED) is 0.445. The lowest BCUT2D eigenvalue weighted by Gasteiger charge is -2.19. The Hall–Kier alpha value is -1.86. The van der Waals surface area contributed by atoms with Crippen LogP contribution in [0.5, 0.6) is 5.75 Å². The van der Waals surface area contributed by atoms with Crippen LogP contribution >= 0.6 is 31.9 Å². The number of amides is 1. The van der Waals surface area contributed by atoms with Crippen LogP contribution in [0, 0.1) is 6.92 Å². The second-order valence-corrected chi connectivity index (χ2v) is 9.12. The van der Waals surface area contributed by atoms with Gasteiger partial charge < -0.3 is 14.4 Å². The second-order valence-electron chi connectivity index (χ2n) is 7.41. The van der Waals surface area contributed by atoms with Crippen molar-refractivity contribution in [2.45, 2.75) is 39.2 Å². The topological polar surface area (TPSA) is 55.8 Å². The molecule has 1 fully saturated rings. The number of carbonyl (C=O) groups excluding carboxylic acids is 2. The molecule has 0 aromatic heterocycles. The third-order valence-electron chi connectivity index (χ3n) is 5.00. The highest BCUT2D eigenvalue weighted by atomic mass is 79.9. The summed E-state index contributed by atoms with van der Waals surface area (Å²) >= 11 is 7.03. The molecule has 7 heteroatoms. The van der Waals surface area contributed by atoms with Gasteiger partial charge in [-0.15, -0.1) is 0 Å². The number of carbonyl (C=O) groups is 2. The third kappa shape index (κ3) is 6.32. The van der Waals surface area contributed by atoms with Gasteiger partial charge in [0.1, 0.15) is 12.4 Å². The first-order valence-corrected chi connectivity index (χ1v) is 11.6. The molecule has 0 atom stereocenters. The van der Waals surface area contributed by atoms with Gasteiger partial charge in [0.2, 0.25) is 0 Å². The number of hydrogen-bond donors (Lipinski definition) is 0. The van der Waals surface area contributed by atoms with E-state index in [9.17, 15) is 9.59 Å². The van der Waals surface area contributed by atoms with E-state index in [1.165, 1.54) is 0 Å². The Morgan fingerprint density at radius 1 is 0.967 bits per heavy atom. The zero-order valence-electron chi connectivity index (χ0n) is 17.0. The third-order valence-corrected chi connectivity index (χ3v) is 6.18. The van der Waals surface area contributed by atoms with Gasteiger partial charge in [-0.05, 0) is 87.0 Å². The summed E-state index contributed by atoms with van der Waals surface area (Å²) in [5.41, 5.74) is 2.46. The Morgan fingerprint density at radius 3 is 2.17 bits per heavy atom. The Labute approximate surface area is 194 Å². The Bertz CT molecular complexity index is 868. The summed E-state index contributed by atoms with van der Waals surface area (Å²) in [5, 5.41) is 0. The number of rotatable bonds is 6. The van der Waals surface area contributed by atoms with Gasteiger partial charge in [-0.1, -0.05) is 25.0 Å². The first-order valence-electron chi connectivity index (χ1n) is 10.1. The van der Waals surface area contributed by atoms with E-state index in [1.807, 2.05) is 31.2 Å². The molecule has 0 saturated carbocycles. The van der Waals surface area contributed by atoms with Crippen molar-refractivity contribution in [3.05, 3.63) is 62.0 Å². The van der Waals surface area contributed by atoms with E-state index in [4.69, 9.17) is 9.47 Å². The lowest BCUT2D eigenvalue weighted by atomic mass is 10.1. The molecule has 2 aromatic rings. The van der Waals surface area contributed by atoms with Crippen molar-refractivity contribution in [1.29, 1.82) is 0 Å². The van der Waals surface area contributed by atoms with Crippen molar-refractivity contribution in [2.24, 2.45) is 0 Å². The molecule has 0 bridgehead atoms. The summed E-state index contributed by atoms with van der Waals surface area (Å²) in [5.74, 6) is 0.121. The molecule has 0 radical (unpaired) electrons. The van der Waals surface area contributed by atoms with Gasteiger partial charge in [0.05, 0.1) is 14.5 Å². The molecule has 1 aliphatic heterocycles. The van der Waals surface area contributed by atoms with Crippen molar-refractivity contribution in [3.63, 3.8) is 0 Å². The number of esters is 1. The fourth-order valence-corrected chi connectivity index (χ4v) is 4.98. The molecule has 1 heterocycles. The number of likely N-dealkylation sites (tertiary alicyclic amines) is 1. The number of ether oxygens (including phenoxy) is 2. The fraction of sp³-hybridized carbons (Fsp3) is 0.391. The van der Waals surface area contributed by atoms with Gasteiger partial charge in [0.25, 0.3) is 5.91 Å². The van der Waals surface area contributed by atoms with E-state index in [0.29, 0.717) is 12.2 Å². The van der Waals surface area contributed by atoms with E-state index in [0.717, 1.165) is 64.6 Å². The number of hydrogen-bond acceptors (Lipinski definition) is 4. The van der Waals surface area contributed by atoms with Gasteiger partial charge in [-0.3, -0.25) is 4.79 Å². The highest BCUT2D eigenvalue weighted by Crippen LogP contribution is 2.35. The minimum absolute atomic E-state index is 0.121. The molecular weight excluding hydrogens is 514 g/mol. The van der Waals surface area contributed by atoms with Gasteiger partial charge in [-0.25, -0.2) is 4.79 Å². The zero-order chi connectivity index (χ0) is 21.5. The molecule has 1 saturated heterocycles. The molecule has 30 heavy (non-hydrogen) atoms. The van der Waals surface area contributed by atoms with Gasteiger partial charge in [0.15, 0.2) is 6.61 Å². The lowest BCUT2D eigenvalue weighted by Crippen LogP contribution is -2.35. The molecule has 0 spiro atoms. The maximum Gasteiger partial charge on any atom is 0.338 e. The Kier molecular flexibility index (Phi) is 8.33. The van der Waals surface area contributed by atoms with E-state index >= 15 is 0 Å². The Balaban J connectivity index is 1.51. The molecule has 0 N–H and O–H groups in total. The van der Waals surface area contributed by atoms with Crippen molar-refractivity contribution >= 4 is 43.7 Å². The van der Waals surface area contributed by atoms with Gasteiger partial charge >= 0.3 is 5.97 Å². The first kappa shape index (κ1) is 22.8. The minimum atomic E-state index is -0.491. The van der Waals surface area contributed by atoms with Gasteiger partial charge in [0, 0.05) is 13.1 Å². The average Bonchev–Trinajstić information content (AvgIpc) is 3.01. The van der Waals surface area contributed by atoms with E-state index in [2.05, 4.69) is 31.9 Å². The number of halogens is 2. The maximum atomic E-state index is 12.3. The maximum absolute atomic E-state index is 12.3. The molecule has 0 aliphatic carbocycles. The smallest absolute Gasteiger partial charge is 0.338 e. The Morgan fingerprint density at radius 2 is 1.57 bits per heavy atom. The molecule has 0 unspecified atom stereocenters. The summed E-state index contributed by atoms with van der Waals surface area (Å²) in [7, 11) is 0. The van der Waals surface area contributed by atoms with Crippen LogP contribution < -0.4 is 4.74 Å². The predicted molar refractivity (Wildman–Crippen MR) is 123 cm³/mol. The van der Waals surface area contributed by atoms with Crippen LogP contribution in [0.15, 0.2) is 45.3 Å². The molecule has 2 aromatic carbocycles. The molecule has 160 valence electrons. The van der Waals surface area contributed by atoms with Gasteiger partial charge in [-0.2, -0.15) is 0 Å². The van der Waals surface area contributed by atoms with Crippen molar-refractivity contribution in [3.8, 4) is 5.75 Å². The average molecular weight is 539 g/mol. The van der Waals surface area contributed by atoms with Crippen molar-refractivity contribution in [1.82, 2.24) is 4.90 Å². The SMILES string of the molecule is Cc1cc(Br)c(OCc2ccc(C(=O)OCC(=O)N3CCCCCC3)cc2)c(Br)c1. The summed E-state index contributed by atoms with van der Waals surface area (Å²) in [6.07, 6.45) is 4.33. The molecule has 3 rings (SSSR count). The van der Waals surface area contributed by atoms with Crippen LogP contribution in [0.1, 0.15) is 47.2 Å². The van der Waals surface area contributed by atoms with Crippen LogP contribution in [-0.2, 0) is 16.1 Å². The van der Waals surface area contributed by atoms with Crippen LogP contribution in [0.4, 0.5) is 0 Å². The van der Waals surface area contributed by atoms with Crippen LogP contribution in [0.2, 0.25) is 0 Å².